The second-order valence-corrected chi connectivity index (χ2v) is 4.03. The lowest BCUT2D eigenvalue weighted by Gasteiger charge is -2.07. The number of rotatable bonds is 6. The van der Waals surface area contributed by atoms with Gasteiger partial charge in [-0.3, -0.25) is 0 Å². The molecule has 0 unspecified atom stereocenters. The molecule has 0 saturated carbocycles. The predicted molar refractivity (Wildman–Crippen MR) is 62.5 cm³/mol. The molecule has 0 amide bonds. The molecule has 1 aromatic rings. The number of anilines is 1. The van der Waals surface area contributed by atoms with Gasteiger partial charge in [-0.2, -0.15) is 0 Å². The molecule has 0 radical (unpaired) electrons. The monoisotopic (exact) mass is 208 g/mol. The minimum atomic E-state index is 0.390. The van der Waals surface area contributed by atoms with Gasteiger partial charge in [0.25, 0.3) is 0 Å². The number of nitrogens with two attached hydrogens (primary N) is 1. The molecular weight excluding hydrogens is 188 g/mol. The molecule has 1 rings (SSSR count). The fourth-order valence-electron chi connectivity index (χ4n) is 1.32. The van der Waals surface area contributed by atoms with Crippen molar-refractivity contribution >= 4 is 5.82 Å². The van der Waals surface area contributed by atoms with Crippen molar-refractivity contribution in [2.75, 3.05) is 11.9 Å². The molecule has 1 heterocycles. The van der Waals surface area contributed by atoms with Crippen molar-refractivity contribution in [3.63, 3.8) is 0 Å². The largest absolute Gasteiger partial charge is 0.370 e. The van der Waals surface area contributed by atoms with Gasteiger partial charge >= 0.3 is 0 Å². The summed E-state index contributed by atoms with van der Waals surface area (Å²) >= 11 is 0. The first kappa shape index (κ1) is 11.9. The summed E-state index contributed by atoms with van der Waals surface area (Å²) in [5.41, 5.74) is 5.46. The summed E-state index contributed by atoms with van der Waals surface area (Å²) in [7, 11) is 0. The van der Waals surface area contributed by atoms with Gasteiger partial charge in [0.2, 0.25) is 0 Å². The highest BCUT2D eigenvalue weighted by atomic mass is 15.0. The van der Waals surface area contributed by atoms with Gasteiger partial charge in [0.1, 0.15) is 11.6 Å². The Hall–Kier alpha value is -1.16. The first-order valence-corrected chi connectivity index (χ1v) is 5.48. The highest BCUT2D eigenvalue weighted by Gasteiger charge is 1.97. The van der Waals surface area contributed by atoms with Crippen molar-refractivity contribution in [1.82, 2.24) is 9.97 Å². The molecule has 84 valence electrons. The average Bonchev–Trinajstić information content (AvgIpc) is 2.24. The average molecular weight is 208 g/mol. The Balaban J connectivity index is 2.30. The maximum Gasteiger partial charge on any atom is 0.144 e. The fraction of sp³-hybridized carbons (Fsp3) is 0.636. The van der Waals surface area contributed by atoms with Crippen LogP contribution < -0.4 is 11.1 Å². The molecule has 0 aliphatic carbocycles. The zero-order valence-electron chi connectivity index (χ0n) is 9.53. The van der Waals surface area contributed by atoms with E-state index in [1.807, 2.05) is 6.07 Å². The van der Waals surface area contributed by atoms with Crippen LogP contribution in [0.25, 0.3) is 0 Å². The van der Waals surface area contributed by atoms with Crippen molar-refractivity contribution in [2.24, 2.45) is 11.7 Å². The first-order chi connectivity index (χ1) is 7.22. The van der Waals surface area contributed by atoms with Crippen molar-refractivity contribution in [3.8, 4) is 0 Å². The minimum Gasteiger partial charge on any atom is -0.370 e. The third kappa shape index (κ3) is 4.74. The van der Waals surface area contributed by atoms with Gasteiger partial charge in [-0.15, -0.1) is 0 Å². The lowest BCUT2D eigenvalue weighted by Crippen LogP contribution is -2.08. The molecule has 0 spiro atoms. The number of nitrogens with one attached hydrogen (secondary N) is 1. The van der Waals surface area contributed by atoms with E-state index in [0.717, 1.165) is 18.3 Å². The lowest BCUT2D eigenvalue weighted by molar-refractivity contribution is 0.566. The van der Waals surface area contributed by atoms with Gasteiger partial charge in [0, 0.05) is 12.7 Å². The highest BCUT2D eigenvalue weighted by molar-refractivity contribution is 5.32. The van der Waals surface area contributed by atoms with Crippen molar-refractivity contribution in [1.29, 1.82) is 0 Å². The molecule has 0 aliphatic rings. The summed E-state index contributed by atoms with van der Waals surface area (Å²) in [5, 5.41) is 3.27. The van der Waals surface area contributed by atoms with E-state index in [1.165, 1.54) is 12.8 Å². The Morgan fingerprint density at radius 1 is 1.47 bits per heavy atom. The van der Waals surface area contributed by atoms with E-state index < -0.39 is 0 Å². The number of hydrogen-bond acceptors (Lipinski definition) is 4. The molecule has 0 atom stereocenters. The van der Waals surface area contributed by atoms with Gasteiger partial charge in [-0.1, -0.05) is 13.8 Å². The Morgan fingerprint density at radius 3 is 2.93 bits per heavy atom. The SMILES string of the molecule is CC(C)CCCNc1ccnc(CN)n1. The number of hydrogen-bond donors (Lipinski definition) is 2. The summed E-state index contributed by atoms with van der Waals surface area (Å²) in [6.07, 6.45) is 4.14. The molecule has 0 saturated heterocycles. The van der Waals surface area contributed by atoms with E-state index >= 15 is 0 Å². The molecular formula is C11H20N4. The van der Waals surface area contributed by atoms with E-state index in [9.17, 15) is 0 Å². The van der Waals surface area contributed by atoms with Crippen LogP contribution in [0, 0.1) is 5.92 Å². The predicted octanol–water partition coefficient (Wildman–Crippen LogP) is 1.78. The Morgan fingerprint density at radius 2 is 2.27 bits per heavy atom. The van der Waals surface area contributed by atoms with Crippen LogP contribution in [0.2, 0.25) is 0 Å². The van der Waals surface area contributed by atoms with Crippen LogP contribution in [0.1, 0.15) is 32.5 Å². The van der Waals surface area contributed by atoms with Gasteiger partial charge in [0.05, 0.1) is 6.54 Å². The van der Waals surface area contributed by atoms with E-state index in [-0.39, 0.29) is 0 Å². The van der Waals surface area contributed by atoms with Crippen LogP contribution in [0.3, 0.4) is 0 Å². The highest BCUT2D eigenvalue weighted by Crippen LogP contribution is 2.05. The maximum atomic E-state index is 5.46. The lowest BCUT2D eigenvalue weighted by atomic mass is 10.1. The van der Waals surface area contributed by atoms with E-state index in [1.54, 1.807) is 6.20 Å². The van der Waals surface area contributed by atoms with Crippen LogP contribution in [0.15, 0.2) is 12.3 Å². The number of nitrogens with zero attached hydrogens (tertiary/aromatic N) is 2. The number of aromatic nitrogens is 2. The molecule has 0 aromatic carbocycles. The quantitative estimate of drug-likeness (QED) is 0.699. The van der Waals surface area contributed by atoms with Crippen LogP contribution in [0.5, 0.6) is 0 Å². The summed E-state index contributed by atoms with van der Waals surface area (Å²) < 4.78 is 0. The van der Waals surface area contributed by atoms with E-state index in [2.05, 4.69) is 29.1 Å². The third-order valence-electron chi connectivity index (χ3n) is 2.15. The Kier molecular flexibility index (Phi) is 5.04. The summed E-state index contributed by atoms with van der Waals surface area (Å²) in [6, 6.07) is 1.87. The topological polar surface area (TPSA) is 63.8 Å². The first-order valence-electron chi connectivity index (χ1n) is 5.48. The van der Waals surface area contributed by atoms with Crippen molar-refractivity contribution in [3.05, 3.63) is 18.1 Å². The summed E-state index contributed by atoms with van der Waals surface area (Å²) in [4.78, 5) is 8.30. The second kappa shape index (κ2) is 6.35. The Labute approximate surface area is 91.3 Å². The molecule has 0 aliphatic heterocycles. The molecule has 4 heteroatoms. The summed E-state index contributed by atoms with van der Waals surface area (Å²) in [5.74, 6) is 2.31. The van der Waals surface area contributed by atoms with Crippen molar-refractivity contribution in [2.45, 2.75) is 33.2 Å². The second-order valence-electron chi connectivity index (χ2n) is 4.03. The maximum absolute atomic E-state index is 5.46. The van der Waals surface area contributed by atoms with Gasteiger partial charge in [-0.05, 0) is 24.8 Å². The van der Waals surface area contributed by atoms with Crippen LogP contribution >= 0.6 is 0 Å². The molecule has 0 bridgehead atoms. The zero-order valence-corrected chi connectivity index (χ0v) is 9.53. The van der Waals surface area contributed by atoms with Gasteiger partial charge in [-0.25, -0.2) is 9.97 Å². The normalized spacial score (nSPS) is 10.7. The van der Waals surface area contributed by atoms with Crippen LogP contribution in [0.4, 0.5) is 5.82 Å². The fourth-order valence-corrected chi connectivity index (χ4v) is 1.32. The molecule has 0 fully saturated rings. The van der Waals surface area contributed by atoms with Gasteiger partial charge < -0.3 is 11.1 Å². The smallest absolute Gasteiger partial charge is 0.144 e. The zero-order chi connectivity index (χ0) is 11.1. The van der Waals surface area contributed by atoms with E-state index in [4.69, 9.17) is 5.73 Å². The third-order valence-corrected chi connectivity index (χ3v) is 2.15. The molecule has 4 nitrogen and oxygen atoms in total. The van der Waals surface area contributed by atoms with Crippen molar-refractivity contribution < 1.29 is 0 Å². The molecule has 3 N–H and O–H groups in total. The van der Waals surface area contributed by atoms with Gasteiger partial charge in [0.15, 0.2) is 0 Å². The minimum absolute atomic E-state index is 0.390. The van der Waals surface area contributed by atoms with E-state index in [0.29, 0.717) is 12.4 Å². The summed E-state index contributed by atoms with van der Waals surface area (Å²) in [6.45, 7) is 5.81. The standard InChI is InChI=1S/C11H20N4/c1-9(2)4-3-6-13-10-5-7-14-11(8-12)15-10/h5,7,9H,3-4,6,8,12H2,1-2H3,(H,13,14,15). The van der Waals surface area contributed by atoms with Crippen LogP contribution in [-0.4, -0.2) is 16.5 Å². The molecule has 15 heavy (non-hydrogen) atoms. The van der Waals surface area contributed by atoms with Crippen LogP contribution in [-0.2, 0) is 6.54 Å². The molecule has 1 aromatic heterocycles. The Bertz CT molecular complexity index is 286.